The first-order chi connectivity index (χ1) is 6.99. The predicted octanol–water partition coefficient (Wildman–Crippen LogP) is 1.84. The van der Waals surface area contributed by atoms with E-state index < -0.39 is 10.1 Å². The van der Waals surface area contributed by atoms with Crippen LogP contribution in [0.15, 0.2) is 0 Å². The number of hydrogen-bond donors (Lipinski definition) is 2. The molecule has 2 N–H and O–H groups in total. The quantitative estimate of drug-likeness (QED) is 0.475. The van der Waals surface area contributed by atoms with E-state index in [9.17, 15) is 8.42 Å². The summed E-state index contributed by atoms with van der Waals surface area (Å²) in [7, 11) is -3.90. The molecule has 15 heavy (non-hydrogen) atoms. The number of hydrogen-bond acceptors (Lipinski definition) is 3. The lowest BCUT2D eigenvalue weighted by molar-refractivity contribution is 0.256. The van der Waals surface area contributed by atoms with Gasteiger partial charge in [0.2, 0.25) is 0 Å². The van der Waals surface area contributed by atoms with Gasteiger partial charge >= 0.3 is 0 Å². The lowest BCUT2D eigenvalue weighted by atomic mass is 10.00. The summed E-state index contributed by atoms with van der Waals surface area (Å²) in [6, 6.07) is 0. The highest BCUT2D eigenvalue weighted by molar-refractivity contribution is 7.85. The van der Waals surface area contributed by atoms with E-state index in [1.54, 1.807) is 0 Å². The van der Waals surface area contributed by atoms with Gasteiger partial charge in [-0.25, -0.2) is 0 Å². The van der Waals surface area contributed by atoms with Gasteiger partial charge in [-0.3, -0.25) is 4.55 Å². The molecule has 0 aromatic heterocycles. The normalized spacial score (nSPS) is 14.1. The molecule has 4 nitrogen and oxygen atoms in total. The molecular weight excluding hydrogens is 216 g/mol. The number of aliphatic hydroxyl groups is 1. The minimum Gasteiger partial charge on any atom is -0.396 e. The van der Waals surface area contributed by atoms with Gasteiger partial charge in [0, 0.05) is 6.61 Å². The van der Waals surface area contributed by atoms with Crippen molar-refractivity contribution in [3.63, 3.8) is 0 Å². The summed E-state index contributed by atoms with van der Waals surface area (Å²) in [4.78, 5) is 0. The maximum Gasteiger partial charge on any atom is 0.265 e. The van der Waals surface area contributed by atoms with E-state index >= 15 is 0 Å². The van der Waals surface area contributed by atoms with Crippen molar-refractivity contribution in [2.75, 3.05) is 12.4 Å². The summed E-state index contributed by atoms with van der Waals surface area (Å²) in [5, 5.41) is 8.76. The molecule has 0 saturated heterocycles. The van der Waals surface area contributed by atoms with Crippen LogP contribution < -0.4 is 0 Å². The van der Waals surface area contributed by atoms with E-state index in [1.165, 1.54) is 0 Å². The second-order valence-corrected chi connectivity index (χ2v) is 5.47. The van der Waals surface area contributed by atoms with Crippen molar-refractivity contribution >= 4 is 10.1 Å². The number of aliphatic hydroxyl groups excluding tert-OH is 1. The summed E-state index contributed by atoms with van der Waals surface area (Å²) in [6.07, 6.45) is 5.56. The summed E-state index contributed by atoms with van der Waals surface area (Å²) >= 11 is 0. The second kappa shape index (κ2) is 8.07. The molecule has 0 aliphatic carbocycles. The monoisotopic (exact) mass is 238 g/mol. The van der Waals surface area contributed by atoms with Gasteiger partial charge in [-0.05, 0) is 18.8 Å². The van der Waals surface area contributed by atoms with Crippen LogP contribution in [0, 0.1) is 5.92 Å². The molecule has 1 atom stereocenters. The Balaban J connectivity index is 3.83. The Kier molecular flexibility index (Phi) is 8.00. The fraction of sp³-hybridized carbons (Fsp3) is 1.00. The van der Waals surface area contributed by atoms with Crippen LogP contribution in [0.1, 0.15) is 45.4 Å². The third-order valence-corrected chi connectivity index (χ3v) is 3.34. The molecule has 0 rings (SSSR count). The molecule has 5 heteroatoms. The van der Waals surface area contributed by atoms with Crippen molar-refractivity contribution < 1.29 is 18.1 Å². The van der Waals surface area contributed by atoms with Gasteiger partial charge < -0.3 is 5.11 Å². The predicted molar refractivity (Wildman–Crippen MR) is 60.4 cm³/mol. The summed E-state index contributed by atoms with van der Waals surface area (Å²) in [5.74, 6) is -0.332. The van der Waals surface area contributed by atoms with Crippen LogP contribution in [0.25, 0.3) is 0 Å². The molecule has 0 bridgehead atoms. The minimum absolute atomic E-state index is 0.0199. The Labute approximate surface area is 92.4 Å². The van der Waals surface area contributed by atoms with Crippen LogP contribution in [0.3, 0.4) is 0 Å². The summed E-state index contributed by atoms with van der Waals surface area (Å²) < 4.78 is 30.1. The van der Waals surface area contributed by atoms with Gasteiger partial charge in [-0.2, -0.15) is 8.42 Å². The van der Waals surface area contributed by atoms with Gasteiger partial charge in [0.25, 0.3) is 10.1 Å². The van der Waals surface area contributed by atoms with Crippen LogP contribution in [0.5, 0.6) is 0 Å². The van der Waals surface area contributed by atoms with E-state index in [0.29, 0.717) is 6.42 Å². The van der Waals surface area contributed by atoms with E-state index in [1.807, 2.05) is 0 Å². The Hall–Kier alpha value is -0.130. The SMILES string of the molecule is CCCCCCC(CCO)CS(=O)(=O)O. The maximum absolute atomic E-state index is 10.7. The molecule has 1 unspecified atom stereocenters. The highest BCUT2D eigenvalue weighted by Gasteiger charge is 2.15. The fourth-order valence-electron chi connectivity index (χ4n) is 1.65. The van der Waals surface area contributed by atoms with Gasteiger partial charge in [0.15, 0.2) is 0 Å². The summed E-state index contributed by atoms with van der Waals surface area (Å²) in [6.45, 7) is 2.09. The molecular formula is C10H22O4S. The standard InChI is InChI=1S/C10H22O4S/c1-2-3-4-5-6-10(7-8-11)9-15(12,13)14/h10-11H,2-9H2,1H3,(H,12,13,14). The third-order valence-electron chi connectivity index (χ3n) is 2.45. The molecule has 0 aromatic rings. The first kappa shape index (κ1) is 14.9. The molecule has 0 amide bonds. The molecule has 92 valence electrons. The average Bonchev–Trinajstić information content (AvgIpc) is 2.10. The van der Waals surface area contributed by atoms with Crippen molar-refractivity contribution in [3.05, 3.63) is 0 Å². The fourth-order valence-corrected chi connectivity index (χ4v) is 2.58. The topological polar surface area (TPSA) is 74.6 Å². The Morgan fingerprint density at radius 1 is 1.13 bits per heavy atom. The van der Waals surface area contributed by atoms with Crippen LogP contribution in [0.4, 0.5) is 0 Å². The largest absolute Gasteiger partial charge is 0.396 e. The lowest BCUT2D eigenvalue weighted by Crippen LogP contribution is -2.16. The molecule has 0 saturated carbocycles. The van der Waals surface area contributed by atoms with Gasteiger partial charge in [-0.1, -0.05) is 32.6 Å². The van der Waals surface area contributed by atoms with Gasteiger partial charge in [-0.15, -0.1) is 0 Å². The Bertz CT molecular complexity index is 236. The van der Waals surface area contributed by atoms with E-state index in [0.717, 1.165) is 32.1 Å². The van der Waals surface area contributed by atoms with Crippen LogP contribution in [-0.2, 0) is 10.1 Å². The number of unbranched alkanes of at least 4 members (excludes halogenated alkanes) is 3. The Morgan fingerprint density at radius 3 is 2.27 bits per heavy atom. The van der Waals surface area contributed by atoms with Crippen LogP contribution in [0.2, 0.25) is 0 Å². The molecule has 0 fully saturated rings. The van der Waals surface area contributed by atoms with E-state index in [4.69, 9.17) is 9.66 Å². The van der Waals surface area contributed by atoms with Crippen LogP contribution >= 0.6 is 0 Å². The van der Waals surface area contributed by atoms with Crippen molar-refractivity contribution in [2.45, 2.75) is 45.4 Å². The molecule has 0 heterocycles. The molecule has 0 spiro atoms. The third kappa shape index (κ3) is 10.2. The highest BCUT2D eigenvalue weighted by atomic mass is 32.2. The van der Waals surface area contributed by atoms with Gasteiger partial charge in [0.1, 0.15) is 0 Å². The van der Waals surface area contributed by atoms with E-state index in [2.05, 4.69) is 6.92 Å². The first-order valence-corrected chi connectivity index (χ1v) is 7.16. The highest BCUT2D eigenvalue weighted by Crippen LogP contribution is 2.16. The van der Waals surface area contributed by atoms with Crippen molar-refractivity contribution in [1.82, 2.24) is 0 Å². The molecule has 0 aliphatic rings. The van der Waals surface area contributed by atoms with E-state index in [-0.39, 0.29) is 18.3 Å². The smallest absolute Gasteiger partial charge is 0.265 e. The van der Waals surface area contributed by atoms with Crippen molar-refractivity contribution in [2.24, 2.45) is 5.92 Å². The minimum atomic E-state index is -3.90. The van der Waals surface area contributed by atoms with Gasteiger partial charge in [0.05, 0.1) is 5.75 Å². The number of rotatable bonds is 9. The first-order valence-electron chi connectivity index (χ1n) is 5.55. The zero-order valence-corrected chi connectivity index (χ0v) is 10.2. The summed E-state index contributed by atoms with van der Waals surface area (Å²) in [5.41, 5.74) is 0. The Morgan fingerprint density at radius 2 is 1.80 bits per heavy atom. The molecule has 0 radical (unpaired) electrons. The average molecular weight is 238 g/mol. The molecule has 0 aliphatic heterocycles. The van der Waals surface area contributed by atoms with Crippen LogP contribution in [-0.4, -0.2) is 30.4 Å². The maximum atomic E-state index is 10.7. The lowest BCUT2D eigenvalue weighted by Gasteiger charge is -2.13. The zero-order valence-electron chi connectivity index (χ0n) is 9.35. The van der Waals surface area contributed by atoms with Crippen molar-refractivity contribution in [1.29, 1.82) is 0 Å². The second-order valence-electron chi connectivity index (χ2n) is 3.98. The van der Waals surface area contributed by atoms with Crippen molar-refractivity contribution in [3.8, 4) is 0 Å². The zero-order chi connectivity index (χ0) is 11.7. The molecule has 0 aromatic carbocycles.